The van der Waals surface area contributed by atoms with Gasteiger partial charge in [-0.1, -0.05) is 23.9 Å². The van der Waals surface area contributed by atoms with E-state index in [0.717, 1.165) is 39.5 Å². The number of rotatable bonds is 7. The van der Waals surface area contributed by atoms with Crippen molar-refractivity contribution in [2.45, 2.75) is 38.5 Å². The van der Waals surface area contributed by atoms with Gasteiger partial charge >= 0.3 is 0 Å². The third-order valence-corrected chi connectivity index (χ3v) is 7.20. The molecule has 1 aliphatic rings. The van der Waals surface area contributed by atoms with Crippen molar-refractivity contribution in [3.05, 3.63) is 77.1 Å². The molecule has 36 heavy (non-hydrogen) atoms. The Morgan fingerprint density at radius 2 is 1.78 bits per heavy atom. The monoisotopic (exact) mass is 503 g/mol. The maximum absolute atomic E-state index is 11.8. The fraction of sp³-hybridized carbons (Fsp3) is 0.222. The van der Waals surface area contributed by atoms with Crippen LogP contribution >= 0.6 is 11.8 Å². The molecule has 184 valence electrons. The molecule has 2 amide bonds. The van der Waals surface area contributed by atoms with E-state index in [1.807, 2.05) is 63.2 Å². The zero-order valence-corrected chi connectivity index (χ0v) is 20.8. The lowest BCUT2D eigenvalue weighted by molar-refractivity contribution is -0.118. The minimum atomic E-state index is -0.394. The number of benzene rings is 3. The molecule has 8 nitrogen and oxygen atoms in total. The predicted molar refractivity (Wildman–Crippen MR) is 138 cm³/mol. The molecule has 1 fully saturated rings. The Morgan fingerprint density at radius 3 is 2.50 bits per heavy atom. The van der Waals surface area contributed by atoms with Gasteiger partial charge in [-0.3, -0.25) is 14.9 Å². The number of carbonyl (C=O) groups is 2. The van der Waals surface area contributed by atoms with Crippen LogP contribution in [0, 0.1) is 13.8 Å². The first-order valence-electron chi connectivity index (χ1n) is 11.5. The van der Waals surface area contributed by atoms with Crippen molar-refractivity contribution < 1.29 is 24.2 Å². The molecular formula is C27H25N3O5S. The number of aromatic nitrogens is 2. The van der Waals surface area contributed by atoms with Gasteiger partial charge in [0, 0.05) is 6.07 Å². The minimum absolute atomic E-state index is 0.244. The Morgan fingerprint density at radius 1 is 1.03 bits per heavy atom. The molecule has 3 aromatic carbocycles. The highest BCUT2D eigenvalue weighted by molar-refractivity contribution is 8.15. The van der Waals surface area contributed by atoms with Crippen molar-refractivity contribution in [3.63, 3.8) is 0 Å². The number of fused-ring (bicyclic) bond motifs is 1. The molecule has 2 heterocycles. The summed E-state index contributed by atoms with van der Waals surface area (Å²) in [5, 5.41) is 11.5. The quantitative estimate of drug-likeness (QED) is 0.296. The minimum Gasteiger partial charge on any atom is -0.508 e. The van der Waals surface area contributed by atoms with Crippen LogP contribution in [0.3, 0.4) is 0 Å². The smallest absolute Gasteiger partial charge is 0.286 e. The second kappa shape index (κ2) is 9.58. The summed E-state index contributed by atoms with van der Waals surface area (Å²) >= 11 is 1.02. The number of imide groups is 1. The van der Waals surface area contributed by atoms with Gasteiger partial charge in [-0.2, -0.15) is 0 Å². The van der Waals surface area contributed by atoms with Crippen molar-refractivity contribution in [2.75, 3.05) is 0 Å². The number of amides is 2. The van der Waals surface area contributed by atoms with Gasteiger partial charge in [0.25, 0.3) is 5.24 Å². The lowest BCUT2D eigenvalue weighted by Gasteiger charge is -2.13. The SMILES string of the molecule is Cc1c(O)ccc(Oc2ccc3nc(C(C)Oc4ccc(CC5SC(=O)NC5=O)cc4)[nH]c3c2)c1C. The molecule has 4 aromatic rings. The Kier molecular flexibility index (Phi) is 6.32. The topological polar surface area (TPSA) is 114 Å². The summed E-state index contributed by atoms with van der Waals surface area (Å²) in [6.45, 7) is 5.68. The lowest BCUT2D eigenvalue weighted by Crippen LogP contribution is -2.25. The molecule has 0 aliphatic carbocycles. The molecule has 0 bridgehead atoms. The Hall–Kier alpha value is -3.98. The van der Waals surface area contributed by atoms with Crippen LogP contribution in [0.2, 0.25) is 0 Å². The molecule has 9 heteroatoms. The fourth-order valence-corrected chi connectivity index (χ4v) is 4.85. The van der Waals surface area contributed by atoms with Gasteiger partial charge in [-0.15, -0.1) is 0 Å². The summed E-state index contributed by atoms with van der Waals surface area (Å²) < 4.78 is 12.1. The number of carbonyl (C=O) groups excluding carboxylic acids is 2. The van der Waals surface area contributed by atoms with Crippen LogP contribution in [0.4, 0.5) is 4.79 Å². The molecule has 5 rings (SSSR count). The van der Waals surface area contributed by atoms with Gasteiger partial charge in [-0.25, -0.2) is 4.98 Å². The number of hydrogen-bond donors (Lipinski definition) is 3. The second-order valence-corrected chi connectivity index (χ2v) is 9.90. The van der Waals surface area contributed by atoms with Crippen molar-refractivity contribution in [3.8, 4) is 23.0 Å². The summed E-state index contributed by atoms with van der Waals surface area (Å²) in [6, 6.07) is 16.5. The standard InChI is InChI=1S/C27H25N3O5S/c1-14-15(2)23(11-10-22(14)31)35-19-8-9-20-21(13-19)29-25(28-20)16(3)34-18-6-4-17(5-7-18)12-24-26(32)30-27(33)36-24/h4-11,13,16,24,31H,12H2,1-3H3,(H,28,29)(H,30,32,33). The number of nitrogens with one attached hydrogen (secondary N) is 2. The van der Waals surface area contributed by atoms with Gasteiger partial charge in [0.05, 0.1) is 16.3 Å². The molecular weight excluding hydrogens is 478 g/mol. The molecule has 2 unspecified atom stereocenters. The first kappa shape index (κ1) is 23.7. The van der Waals surface area contributed by atoms with Crippen LogP contribution in [0.1, 0.15) is 35.5 Å². The molecule has 1 aliphatic heterocycles. The van der Waals surface area contributed by atoms with E-state index in [1.165, 1.54) is 0 Å². The highest BCUT2D eigenvalue weighted by atomic mass is 32.2. The maximum atomic E-state index is 11.8. The Balaban J connectivity index is 1.26. The second-order valence-electron chi connectivity index (χ2n) is 8.73. The number of ether oxygens (including phenoxy) is 2. The van der Waals surface area contributed by atoms with Gasteiger partial charge in [0.1, 0.15) is 28.8 Å². The molecule has 0 radical (unpaired) electrons. The van der Waals surface area contributed by atoms with E-state index in [4.69, 9.17) is 9.47 Å². The third-order valence-electron chi connectivity index (χ3n) is 6.22. The van der Waals surface area contributed by atoms with Gasteiger partial charge in [-0.05, 0) is 80.3 Å². The first-order valence-corrected chi connectivity index (χ1v) is 12.4. The number of phenols is 1. The van der Waals surface area contributed by atoms with Crippen LogP contribution in [0.25, 0.3) is 11.0 Å². The number of nitrogens with zero attached hydrogens (tertiary/aromatic N) is 1. The van der Waals surface area contributed by atoms with Gasteiger partial charge in [0.2, 0.25) is 5.91 Å². The number of H-pyrrole nitrogens is 1. The van der Waals surface area contributed by atoms with Crippen LogP contribution in [-0.2, 0) is 11.2 Å². The van der Waals surface area contributed by atoms with Crippen molar-refractivity contribution >= 4 is 33.9 Å². The number of hydrogen-bond acceptors (Lipinski definition) is 7. The van der Waals surface area contributed by atoms with E-state index in [0.29, 0.717) is 29.5 Å². The normalized spacial score (nSPS) is 16.2. The molecule has 2 atom stereocenters. The summed E-state index contributed by atoms with van der Waals surface area (Å²) in [5.41, 5.74) is 4.24. The molecule has 0 spiro atoms. The van der Waals surface area contributed by atoms with E-state index >= 15 is 0 Å². The first-order chi connectivity index (χ1) is 17.3. The number of thioether (sulfide) groups is 1. The largest absolute Gasteiger partial charge is 0.508 e. The number of imidazole rings is 1. The fourth-order valence-electron chi connectivity index (χ4n) is 3.99. The number of aromatic hydroxyl groups is 1. The Labute approximate surface area is 212 Å². The maximum Gasteiger partial charge on any atom is 0.286 e. The lowest BCUT2D eigenvalue weighted by atomic mass is 10.1. The van der Waals surface area contributed by atoms with Crippen LogP contribution in [0.5, 0.6) is 23.0 Å². The van der Waals surface area contributed by atoms with Crippen molar-refractivity contribution in [1.29, 1.82) is 0 Å². The third kappa shape index (κ3) is 4.87. The van der Waals surface area contributed by atoms with Crippen molar-refractivity contribution in [1.82, 2.24) is 15.3 Å². The average Bonchev–Trinajstić information content (AvgIpc) is 3.42. The molecule has 3 N–H and O–H groups in total. The van der Waals surface area contributed by atoms with E-state index in [2.05, 4.69) is 15.3 Å². The van der Waals surface area contributed by atoms with E-state index in [-0.39, 0.29) is 23.0 Å². The molecule has 1 saturated heterocycles. The predicted octanol–water partition coefficient (Wildman–Crippen LogP) is 5.71. The number of aromatic amines is 1. The van der Waals surface area contributed by atoms with Crippen LogP contribution in [-0.4, -0.2) is 31.5 Å². The van der Waals surface area contributed by atoms with E-state index in [1.54, 1.807) is 12.1 Å². The van der Waals surface area contributed by atoms with Crippen molar-refractivity contribution in [2.24, 2.45) is 0 Å². The summed E-state index contributed by atoms with van der Waals surface area (Å²) in [6.07, 6.45) is 0.151. The molecule has 1 aromatic heterocycles. The number of phenolic OH excluding ortho intramolecular Hbond substituents is 1. The highest BCUT2D eigenvalue weighted by Crippen LogP contribution is 2.33. The van der Waals surface area contributed by atoms with Crippen LogP contribution < -0.4 is 14.8 Å². The average molecular weight is 504 g/mol. The van der Waals surface area contributed by atoms with E-state index in [9.17, 15) is 14.7 Å². The zero-order valence-electron chi connectivity index (χ0n) is 20.0. The highest BCUT2D eigenvalue weighted by Gasteiger charge is 2.31. The van der Waals surface area contributed by atoms with Gasteiger partial charge in [0.15, 0.2) is 6.10 Å². The van der Waals surface area contributed by atoms with E-state index < -0.39 is 5.25 Å². The summed E-state index contributed by atoms with van der Waals surface area (Å²) in [5.74, 6) is 2.70. The van der Waals surface area contributed by atoms with Crippen LogP contribution in [0.15, 0.2) is 54.6 Å². The molecule has 0 saturated carbocycles. The Bertz CT molecular complexity index is 1460. The van der Waals surface area contributed by atoms with Gasteiger partial charge < -0.3 is 19.6 Å². The zero-order chi connectivity index (χ0) is 25.4. The summed E-state index contributed by atoms with van der Waals surface area (Å²) in [4.78, 5) is 31.1. The summed E-state index contributed by atoms with van der Waals surface area (Å²) in [7, 11) is 0.